The summed E-state index contributed by atoms with van der Waals surface area (Å²) in [4.78, 5) is 33.8. The van der Waals surface area contributed by atoms with Gasteiger partial charge in [-0.15, -0.1) is 0 Å². The fraction of sp³-hybridized carbons (Fsp3) is 0.667. The first-order chi connectivity index (χ1) is 7.62. The lowest BCUT2D eigenvalue weighted by Crippen LogP contribution is -2.64. The normalized spacial score (nSPS) is 29.8. The number of piperidine rings is 1. The highest BCUT2D eigenvalue weighted by Crippen LogP contribution is 2.36. The molecular weight excluding hydrogens is 243 g/mol. The van der Waals surface area contributed by atoms with E-state index in [1.807, 2.05) is 0 Å². The number of Topliss-reactive ketones (excluding diaryl/α,β-unsaturated/α-hetero) is 1. The summed E-state index contributed by atoms with van der Waals surface area (Å²) in [6.45, 7) is 0.691. The second-order valence-electron chi connectivity index (χ2n) is 3.92. The molecule has 96 valence electrons. The van der Waals surface area contributed by atoms with Crippen LogP contribution in [-0.2, 0) is 19.1 Å². The SMILES string of the molecule is COC(=O)C1C(=O)CC(C)(C(F)(F)F)NC1=O. The third-order valence-corrected chi connectivity index (χ3v) is 2.57. The molecule has 1 saturated heterocycles. The highest BCUT2D eigenvalue weighted by Gasteiger charge is 2.58. The smallest absolute Gasteiger partial charge is 0.411 e. The molecule has 2 unspecified atom stereocenters. The largest absolute Gasteiger partial charge is 0.468 e. The predicted molar refractivity (Wildman–Crippen MR) is 47.7 cm³/mol. The van der Waals surface area contributed by atoms with E-state index in [4.69, 9.17) is 0 Å². The average Bonchev–Trinajstić information content (AvgIpc) is 2.14. The summed E-state index contributed by atoms with van der Waals surface area (Å²) in [6.07, 6.45) is -5.75. The predicted octanol–water partition coefficient (Wildman–Crippen LogP) is 0.186. The summed E-state index contributed by atoms with van der Waals surface area (Å²) in [5.74, 6) is -5.35. The molecule has 1 aliphatic heterocycles. The molecule has 1 fully saturated rings. The van der Waals surface area contributed by atoms with Gasteiger partial charge in [-0.3, -0.25) is 14.4 Å². The number of carbonyl (C=O) groups excluding carboxylic acids is 3. The molecule has 1 amide bonds. The Bertz CT molecular complexity index is 359. The molecule has 5 nitrogen and oxygen atoms in total. The lowest BCUT2D eigenvalue weighted by Gasteiger charge is -2.37. The van der Waals surface area contributed by atoms with E-state index < -0.39 is 41.7 Å². The molecule has 0 radical (unpaired) electrons. The van der Waals surface area contributed by atoms with Gasteiger partial charge in [0, 0.05) is 6.42 Å². The highest BCUT2D eigenvalue weighted by molar-refractivity contribution is 6.18. The van der Waals surface area contributed by atoms with Crippen LogP contribution in [-0.4, -0.2) is 36.5 Å². The Kier molecular flexibility index (Phi) is 3.17. The van der Waals surface area contributed by atoms with E-state index in [1.54, 1.807) is 5.32 Å². The molecule has 0 aromatic rings. The number of methoxy groups -OCH3 is 1. The van der Waals surface area contributed by atoms with Crippen LogP contribution in [0.1, 0.15) is 13.3 Å². The molecule has 1 rings (SSSR count). The van der Waals surface area contributed by atoms with E-state index in [0.29, 0.717) is 6.92 Å². The van der Waals surface area contributed by atoms with Crippen molar-refractivity contribution in [3.63, 3.8) is 0 Å². The van der Waals surface area contributed by atoms with Gasteiger partial charge in [0.2, 0.25) is 5.91 Å². The lowest BCUT2D eigenvalue weighted by molar-refractivity contribution is -0.202. The van der Waals surface area contributed by atoms with E-state index in [-0.39, 0.29) is 0 Å². The van der Waals surface area contributed by atoms with Crippen LogP contribution in [0.3, 0.4) is 0 Å². The fourth-order valence-electron chi connectivity index (χ4n) is 1.51. The maximum Gasteiger partial charge on any atom is 0.411 e. The van der Waals surface area contributed by atoms with Crippen molar-refractivity contribution in [1.82, 2.24) is 5.32 Å². The summed E-state index contributed by atoms with van der Waals surface area (Å²) in [7, 11) is 0.945. The Hall–Kier alpha value is -1.60. The number of ketones is 1. The van der Waals surface area contributed by atoms with Crippen molar-refractivity contribution in [3.8, 4) is 0 Å². The summed E-state index contributed by atoms with van der Waals surface area (Å²) in [5.41, 5.74) is -2.63. The first kappa shape index (κ1) is 13.5. The Balaban J connectivity index is 3.00. The summed E-state index contributed by atoms with van der Waals surface area (Å²) in [5, 5.41) is 1.64. The van der Waals surface area contributed by atoms with Gasteiger partial charge >= 0.3 is 12.1 Å². The zero-order chi connectivity index (χ0) is 13.4. The van der Waals surface area contributed by atoms with Crippen LogP contribution in [0.25, 0.3) is 0 Å². The van der Waals surface area contributed by atoms with E-state index in [9.17, 15) is 27.6 Å². The van der Waals surface area contributed by atoms with E-state index in [2.05, 4.69) is 4.74 Å². The van der Waals surface area contributed by atoms with E-state index in [0.717, 1.165) is 7.11 Å². The van der Waals surface area contributed by atoms with Crippen molar-refractivity contribution >= 4 is 17.7 Å². The van der Waals surface area contributed by atoms with Gasteiger partial charge in [-0.1, -0.05) is 0 Å². The molecule has 1 N–H and O–H groups in total. The summed E-state index contributed by atoms with van der Waals surface area (Å²) in [6, 6.07) is 0. The topological polar surface area (TPSA) is 72.5 Å². The number of rotatable bonds is 1. The molecule has 2 atom stereocenters. The van der Waals surface area contributed by atoms with E-state index in [1.165, 1.54) is 0 Å². The molecule has 0 aromatic heterocycles. The van der Waals surface area contributed by atoms with Gasteiger partial charge in [-0.2, -0.15) is 13.2 Å². The van der Waals surface area contributed by atoms with Gasteiger partial charge in [0.05, 0.1) is 7.11 Å². The summed E-state index contributed by atoms with van der Waals surface area (Å²) < 4.78 is 42.0. The van der Waals surface area contributed by atoms with Gasteiger partial charge < -0.3 is 10.1 Å². The second kappa shape index (κ2) is 4.01. The van der Waals surface area contributed by atoms with E-state index >= 15 is 0 Å². The minimum atomic E-state index is -4.76. The van der Waals surface area contributed by atoms with Gasteiger partial charge in [0.25, 0.3) is 0 Å². The third kappa shape index (κ3) is 2.25. The molecule has 0 saturated carbocycles. The van der Waals surface area contributed by atoms with Crippen molar-refractivity contribution in [2.75, 3.05) is 7.11 Å². The molecule has 0 bridgehead atoms. The van der Waals surface area contributed by atoms with Crippen LogP contribution in [0.15, 0.2) is 0 Å². The zero-order valence-corrected chi connectivity index (χ0v) is 9.05. The van der Waals surface area contributed by atoms with Crippen molar-refractivity contribution in [2.45, 2.75) is 25.1 Å². The number of hydrogen-bond donors (Lipinski definition) is 1. The van der Waals surface area contributed by atoms with Crippen LogP contribution in [0.4, 0.5) is 13.2 Å². The maximum absolute atomic E-state index is 12.6. The van der Waals surface area contributed by atoms with Crippen molar-refractivity contribution in [2.24, 2.45) is 5.92 Å². The average molecular weight is 253 g/mol. The standard InChI is InChI=1S/C9H10F3NO4/c1-8(9(10,11)12)3-4(14)5(6(15)13-8)7(16)17-2/h5H,3H2,1-2H3,(H,13,15). The van der Waals surface area contributed by atoms with Crippen LogP contribution < -0.4 is 5.32 Å². The number of hydrogen-bond acceptors (Lipinski definition) is 4. The number of halogens is 3. The van der Waals surface area contributed by atoms with Crippen LogP contribution in [0, 0.1) is 5.92 Å². The van der Waals surface area contributed by atoms with Crippen LogP contribution in [0.5, 0.6) is 0 Å². The Morgan fingerprint density at radius 2 is 2.00 bits per heavy atom. The number of carbonyl (C=O) groups is 3. The summed E-state index contributed by atoms with van der Waals surface area (Å²) >= 11 is 0. The van der Waals surface area contributed by atoms with Crippen LogP contribution in [0.2, 0.25) is 0 Å². The minimum absolute atomic E-state index is 0.691. The molecule has 1 aliphatic rings. The second-order valence-corrected chi connectivity index (χ2v) is 3.92. The highest BCUT2D eigenvalue weighted by atomic mass is 19.4. The lowest BCUT2D eigenvalue weighted by atomic mass is 9.83. The molecular formula is C9H10F3NO4. The molecule has 0 aliphatic carbocycles. The molecule has 0 spiro atoms. The molecule has 0 aromatic carbocycles. The van der Waals surface area contributed by atoms with Gasteiger partial charge in [-0.25, -0.2) is 0 Å². The molecule has 17 heavy (non-hydrogen) atoms. The van der Waals surface area contributed by atoms with Crippen molar-refractivity contribution < 1.29 is 32.3 Å². The maximum atomic E-state index is 12.6. The Morgan fingerprint density at radius 1 is 1.47 bits per heavy atom. The third-order valence-electron chi connectivity index (χ3n) is 2.57. The van der Waals surface area contributed by atoms with Gasteiger partial charge in [0.1, 0.15) is 5.54 Å². The number of nitrogens with one attached hydrogen (secondary N) is 1. The number of esters is 1. The van der Waals surface area contributed by atoms with Crippen molar-refractivity contribution in [1.29, 1.82) is 0 Å². The van der Waals surface area contributed by atoms with Crippen molar-refractivity contribution in [3.05, 3.63) is 0 Å². The van der Waals surface area contributed by atoms with Crippen LogP contribution >= 0.6 is 0 Å². The Morgan fingerprint density at radius 3 is 2.35 bits per heavy atom. The van der Waals surface area contributed by atoms with Gasteiger partial charge in [0.15, 0.2) is 11.7 Å². The fourth-order valence-corrected chi connectivity index (χ4v) is 1.51. The molecule has 1 heterocycles. The number of amides is 1. The number of alkyl halides is 3. The van der Waals surface area contributed by atoms with Gasteiger partial charge in [-0.05, 0) is 6.92 Å². The number of ether oxygens (including phenoxy) is 1. The monoisotopic (exact) mass is 253 g/mol. The zero-order valence-electron chi connectivity index (χ0n) is 9.05. The minimum Gasteiger partial charge on any atom is -0.468 e. The molecule has 8 heteroatoms. The first-order valence-corrected chi connectivity index (χ1v) is 4.61. The first-order valence-electron chi connectivity index (χ1n) is 4.61. The Labute approximate surface area is 94.3 Å². The quantitative estimate of drug-likeness (QED) is 0.534.